The van der Waals surface area contributed by atoms with Crippen molar-refractivity contribution in [1.29, 1.82) is 0 Å². The van der Waals surface area contributed by atoms with E-state index in [4.69, 9.17) is 0 Å². The lowest BCUT2D eigenvalue weighted by atomic mass is 10.1. The summed E-state index contributed by atoms with van der Waals surface area (Å²) in [6.45, 7) is 12.3. The van der Waals surface area contributed by atoms with E-state index in [0.717, 1.165) is 15.8 Å². The fourth-order valence-electron chi connectivity index (χ4n) is 4.47. The maximum atomic E-state index is 13.6. The average molecular weight is 519 g/mol. The lowest BCUT2D eigenvalue weighted by molar-refractivity contribution is -0.117. The highest BCUT2D eigenvalue weighted by atomic mass is 16.2. The zero-order chi connectivity index (χ0) is 27.7. The molecule has 0 aliphatic rings. The molecule has 2 heterocycles. The van der Waals surface area contributed by atoms with E-state index in [2.05, 4.69) is 15.7 Å². The molecule has 4 aromatic rings. The third-order valence-electron chi connectivity index (χ3n) is 6.06. The van der Waals surface area contributed by atoms with E-state index >= 15 is 0 Å². The van der Waals surface area contributed by atoms with E-state index in [1.54, 1.807) is 12.1 Å². The van der Waals surface area contributed by atoms with Crippen LogP contribution in [0.15, 0.2) is 46.0 Å². The predicted octanol–water partition coefficient (Wildman–Crippen LogP) is 3.11. The van der Waals surface area contributed by atoms with Gasteiger partial charge in [0.2, 0.25) is 11.7 Å². The third kappa shape index (κ3) is 5.53. The number of hydrogen-bond acceptors (Lipinski definition) is 5. The summed E-state index contributed by atoms with van der Waals surface area (Å²) in [5, 5.41) is 10.4. The number of nitrogens with one attached hydrogen (secondary N) is 2. The summed E-state index contributed by atoms with van der Waals surface area (Å²) in [7, 11) is 0. The van der Waals surface area contributed by atoms with Gasteiger partial charge in [0.25, 0.3) is 11.5 Å². The van der Waals surface area contributed by atoms with E-state index in [1.807, 2.05) is 59.7 Å². The largest absolute Gasteiger partial charge is 0.352 e. The molecule has 0 aliphatic heterocycles. The average Bonchev–Trinajstić information content (AvgIpc) is 3.14. The summed E-state index contributed by atoms with van der Waals surface area (Å²) >= 11 is 0. The molecule has 2 aromatic carbocycles. The Labute approximate surface area is 220 Å². The maximum Gasteiger partial charge on any atom is 0.352 e. The number of carbonyl (C=O) groups is 2. The molecule has 0 spiro atoms. The molecule has 0 fully saturated rings. The molecule has 4 rings (SSSR count). The molecular weight excluding hydrogens is 484 g/mol. The maximum absolute atomic E-state index is 13.6. The minimum Gasteiger partial charge on any atom is -0.352 e. The van der Waals surface area contributed by atoms with E-state index in [1.165, 1.54) is 15.0 Å². The van der Waals surface area contributed by atoms with Gasteiger partial charge in [0.05, 0.1) is 10.9 Å². The van der Waals surface area contributed by atoms with Crippen molar-refractivity contribution in [2.75, 3.05) is 11.9 Å². The summed E-state index contributed by atoms with van der Waals surface area (Å²) in [6, 6.07) is 10.4. The highest BCUT2D eigenvalue weighted by molar-refractivity contribution is 5.98. The van der Waals surface area contributed by atoms with Crippen molar-refractivity contribution in [1.82, 2.24) is 24.1 Å². The van der Waals surface area contributed by atoms with Crippen LogP contribution in [0, 0.1) is 25.7 Å². The first-order valence-electron chi connectivity index (χ1n) is 12.8. The van der Waals surface area contributed by atoms with Crippen LogP contribution in [0.25, 0.3) is 16.7 Å². The minimum atomic E-state index is -0.571. The molecule has 10 nitrogen and oxygen atoms in total. The Morgan fingerprint density at radius 2 is 1.63 bits per heavy atom. The van der Waals surface area contributed by atoms with Crippen molar-refractivity contribution in [3.8, 4) is 0 Å². The number of hydrogen-bond donors (Lipinski definition) is 2. The number of aryl methyl sites for hydroxylation is 2. The monoisotopic (exact) mass is 518 g/mol. The lowest BCUT2D eigenvalue weighted by Crippen LogP contribution is -2.30. The standard InChI is InChI=1S/C28H34N6O4/c1-16(2)13-29-25(36)20-7-8-22-23(12-20)34-27(32(26(22)37)14-17(3)4)31-33(28(34)38)15-24(35)30-21-10-18(5)9-19(6)11-21/h7-12,16-17H,13-15H2,1-6H3,(H,29,36)(H,30,35). The van der Waals surface area contributed by atoms with E-state index < -0.39 is 11.6 Å². The second-order valence-corrected chi connectivity index (χ2v) is 10.6. The smallest absolute Gasteiger partial charge is 0.352 e. The van der Waals surface area contributed by atoms with Gasteiger partial charge in [-0.1, -0.05) is 33.8 Å². The third-order valence-corrected chi connectivity index (χ3v) is 6.06. The fraction of sp³-hybridized carbons (Fsp3) is 0.393. The van der Waals surface area contributed by atoms with Gasteiger partial charge < -0.3 is 10.6 Å². The quantitative estimate of drug-likeness (QED) is 0.372. The van der Waals surface area contributed by atoms with Gasteiger partial charge in [0.15, 0.2) is 0 Å². The van der Waals surface area contributed by atoms with Crippen LogP contribution in [0.2, 0.25) is 0 Å². The molecule has 0 aliphatic carbocycles. The molecule has 2 aromatic heterocycles. The molecule has 10 heteroatoms. The topological polar surface area (TPSA) is 120 Å². The first-order valence-corrected chi connectivity index (χ1v) is 12.8. The molecule has 0 bridgehead atoms. The molecule has 0 radical (unpaired) electrons. The molecule has 200 valence electrons. The Morgan fingerprint density at radius 1 is 0.947 bits per heavy atom. The summed E-state index contributed by atoms with van der Waals surface area (Å²) in [4.78, 5) is 52.6. The molecule has 0 atom stereocenters. The number of carbonyl (C=O) groups excluding carboxylic acids is 2. The van der Waals surface area contributed by atoms with Crippen molar-refractivity contribution < 1.29 is 9.59 Å². The zero-order valence-corrected chi connectivity index (χ0v) is 22.7. The molecule has 0 saturated heterocycles. The molecule has 2 N–H and O–H groups in total. The van der Waals surface area contributed by atoms with Gasteiger partial charge >= 0.3 is 5.69 Å². The van der Waals surface area contributed by atoms with Crippen LogP contribution in [-0.4, -0.2) is 37.1 Å². The van der Waals surface area contributed by atoms with Gasteiger partial charge in [-0.05, 0) is 67.1 Å². The number of aromatic nitrogens is 4. The van der Waals surface area contributed by atoms with Crippen LogP contribution in [-0.2, 0) is 17.9 Å². The number of anilines is 1. The van der Waals surface area contributed by atoms with Gasteiger partial charge in [-0.2, -0.15) is 0 Å². The van der Waals surface area contributed by atoms with Crippen LogP contribution in [0.5, 0.6) is 0 Å². The van der Waals surface area contributed by atoms with Crippen LogP contribution >= 0.6 is 0 Å². The molecule has 2 amide bonds. The van der Waals surface area contributed by atoms with Gasteiger partial charge in [-0.15, -0.1) is 5.10 Å². The van der Waals surface area contributed by atoms with E-state index in [0.29, 0.717) is 29.7 Å². The van der Waals surface area contributed by atoms with Crippen LogP contribution in [0.1, 0.15) is 49.2 Å². The highest BCUT2D eigenvalue weighted by Crippen LogP contribution is 2.16. The molecule has 0 saturated carbocycles. The highest BCUT2D eigenvalue weighted by Gasteiger charge is 2.20. The van der Waals surface area contributed by atoms with Crippen molar-refractivity contribution in [2.45, 2.75) is 54.6 Å². The Hall–Kier alpha value is -4.21. The summed E-state index contributed by atoms with van der Waals surface area (Å²) in [6.07, 6.45) is 0. The first kappa shape index (κ1) is 26.8. The summed E-state index contributed by atoms with van der Waals surface area (Å²) < 4.78 is 3.81. The van der Waals surface area contributed by atoms with Crippen molar-refractivity contribution in [3.63, 3.8) is 0 Å². The predicted molar refractivity (Wildman–Crippen MR) is 148 cm³/mol. The molecule has 38 heavy (non-hydrogen) atoms. The SMILES string of the molecule is Cc1cc(C)cc(NC(=O)Cn2nc3n(CC(C)C)c(=O)c4ccc(C(=O)NCC(C)C)cc4n3c2=O)c1. The molecule has 0 unspecified atom stereocenters. The van der Waals surface area contributed by atoms with Crippen molar-refractivity contribution in [2.24, 2.45) is 11.8 Å². The van der Waals surface area contributed by atoms with Crippen LogP contribution < -0.4 is 21.9 Å². The Morgan fingerprint density at radius 3 is 2.26 bits per heavy atom. The van der Waals surface area contributed by atoms with Gasteiger partial charge in [0, 0.05) is 24.3 Å². The van der Waals surface area contributed by atoms with Crippen LogP contribution in [0.3, 0.4) is 0 Å². The Balaban J connectivity index is 1.82. The summed E-state index contributed by atoms with van der Waals surface area (Å²) in [5.41, 5.74) is 2.35. The number of amides is 2. The lowest BCUT2D eigenvalue weighted by Gasteiger charge is -2.13. The van der Waals surface area contributed by atoms with Gasteiger partial charge in [-0.25, -0.2) is 13.9 Å². The zero-order valence-electron chi connectivity index (χ0n) is 22.7. The second-order valence-electron chi connectivity index (χ2n) is 10.6. The van der Waals surface area contributed by atoms with Crippen molar-refractivity contribution >= 4 is 34.2 Å². The Kier molecular flexibility index (Phi) is 7.52. The summed E-state index contributed by atoms with van der Waals surface area (Å²) in [5.74, 6) is -0.224. The number of nitrogens with zero attached hydrogens (tertiary/aromatic N) is 4. The number of rotatable bonds is 8. The minimum absolute atomic E-state index is 0.100. The molecular formula is C28H34N6O4. The second kappa shape index (κ2) is 10.6. The van der Waals surface area contributed by atoms with Gasteiger partial charge in [-0.3, -0.25) is 19.0 Å². The normalized spacial score (nSPS) is 11.6. The van der Waals surface area contributed by atoms with Crippen LogP contribution in [0.4, 0.5) is 5.69 Å². The van der Waals surface area contributed by atoms with E-state index in [-0.39, 0.29) is 41.1 Å². The first-order chi connectivity index (χ1) is 17.9. The number of benzene rings is 2. The van der Waals surface area contributed by atoms with E-state index in [9.17, 15) is 19.2 Å². The number of fused-ring (bicyclic) bond motifs is 3. The van der Waals surface area contributed by atoms with Crippen molar-refractivity contribution in [3.05, 3.63) is 73.9 Å². The van der Waals surface area contributed by atoms with Gasteiger partial charge in [0.1, 0.15) is 6.54 Å². The fourth-order valence-corrected chi connectivity index (χ4v) is 4.47. The Bertz CT molecular complexity index is 1640.